The summed E-state index contributed by atoms with van der Waals surface area (Å²) < 4.78 is 24.2. The molecular weight excluding hydrogens is 628 g/mol. The Kier molecular flexibility index (Phi) is 9.24. The van der Waals surface area contributed by atoms with Crippen molar-refractivity contribution in [1.82, 2.24) is 4.98 Å². The number of anilines is 1. The molecule has 0 bridgehead atoms. The maximum Gasteiger partial charge on any atom is 0.331 e. The van der Waals surface area contributed by atoms with E-state index in [4.69, 9.17) is 30.5 Å². The Labute approximate surface area is 288 Å². The van der Waals surface area contributed by atoms with Crippen LogP contribution in [0.3, 0.4) is 0 Å². The van der Waals surface area contributed by atoms with Gasteiger partial charge in [-0.3, -0.25) is 4.98 Å². The second-order valence-electron chi connectivity index (χ2n) is 14.6. The van der Waals surface area contributed by atoms with Crippen molar-refractivity contribution in [2.24, 2.45) is 11.8 Å². The van der Waals surface area contributed by atoms with Crippen molar-refractivity contribution >= 4 is 23.3 Å². The molecule has 0 amide bonds. The van der Waals surface area contributed by atoms with Gasteiger partial charge in [0.2, 0.25) is 0 Å². The van der Waals surface area contributed by atoms with Crippen LogP contribution in [0, 0.1) is 11.8 Å². The monoisotopic (exact) mass is 674 g/mol. The van der Waals surface area contributed by atoms with E-state index in [1.54, 1.807) is 0 Å². The van der Waals surface area contributed by atoms with Crippen LogP contribution in [0.25, 0.3) is 0 Å². The fourth-order valence-corrected chi connectivity index (χ4v) is 9.18. The van der Waals surface area contributed by atoms with Gasteiger partial charge in [-0.25, -0.2) is 4.79 Å². The first-order chi connectivity index (χ1) is 23.2. The first kappa shape index (κ1) is 33.0. The highest BCUT2D eigenvalue weighted by molar-refractivity contribution is 6.30. The van der Waals surface area contributed by atoms with Gasteiger partial charge in [-0.05, 0) is 128 Å². The van der Waals surface area contributed by atoms with Gasteiger partial charge in [0, 0.05) is 28.2 Å². The average Bonchev–Trinajstić information content (AvgIpc) is 3.37. The standard InChI is InChI=1S/C39H47ClN2O6/c1-24(22-46-33-10-15-41-32-9-4-6-25(2)36(32)33)16-27-17-26-18-34-35(48-30(21-43)23-47-34)20-31(26)38(27)11-13-39(14-12-38,37(44)45-3)42-29-8-5-7-28(40)19-29/h5,7-8,10,15,18-20,24-25,27,30,42-43H,4,6,9,11-14,16-17,21-23H2,1-3H3/t24-,25-,27+,30+,38?,39?/m1/s1. The molecular formula is C39H47ClN2O6. The van der Waals surface area contributed by atoms with Gasteiger partial charge in [-0.1, -0.05) is 31.5 Å². The summed E-state index contributed by atoms with van der Waals surface area (Å²) in [7, 11) is 1.46. The smallest absolute Gasteiger partial charge is 0.331 e. The molecule has 2 N–H and O–H groups in total. The summed E-state index contributed by atoms with van der Waals surface area (Å²) in [6.07, 6.45) is 9.61. The lowest BCUT2D eigenvalue weighted by Crippen LogP contribution is -2.53. The van der Waals surface area contributed by atoms with Gasteiger partial charge < -0.3 is 29.4 Å². The molecule has 1 fully saturated rings. The van der Waals surface area contributed by atoms with E-state index in [9.17, 15) is 9.90 Å². The molecule has 0 saturated heterocycles. The summed E-state index contributed by atoms with van der Waals surface area (Å²) in [4.78, 5) is 18.2. The number of nitrogens with one attached hydrogen (secondary N) is 1. The highest BCUT2D eigenvalue weighted by Gasteiger charge is 2.55. The number of aliphatic hydroxyl groups excluding tert-OH is 1. The zero-order chi connectivity index (χ0) is 33.5. The second kappa shape index (κ2) is 13.4. The Hall–Kier alpha value is -3.49. The Morgan fingerprint density at radius 1 is 1.17 bits per heavy atom. The number of carbonyl (C=O) groups excluding carboxylic acids is 1. The van der Waals surface area contributed by atoms with Crippen LogP contribution in [-0.2, 0) is 27.8 Å². The van der Waals surface area contributed by atoms with Crippen LogP contribution in [0.2, 0.25) is 5.02 Å². The average molecular weight is 675 g/mol. The van der Waals surface area contributed by atoms with Gasteiger partial charge in [0.1, 0.15) is 17.9 Å². The van der Waals surface area contributed by atoms with Crippen LogP contribution >= 0.6 is 11.6 Å². The molecule has 7 rings (SSSR count). The number of pyridine rings is 1. The van der Waals surface area contributed by atoms with E-state index >= 15 is 0 Å². The molecule has 0 radical (unpaired) electrons. The lowest BCUT2D eigenvalue weighted by atomic mass is 9.59. The highest BCUT2D eigenvalue weighted by Crippen LogP contribution is 2.58. The molecule has 3 aliphatic carbocycles. The van der Waals surface area contributed by atoms with Crippen molar-refractivity contribution in [3.63, 3.8) is 0 Å². The van der Waals surface area contributed by atoms with Crippen LogP contribution in [-0.4, -0.2) is 54.6 Å². The number of ether oxygens (including phenoxy) is 4. The number of aliphatic hydroxyl groups is 1. The molecule has 3 aromatic rings. The van der Waals surface area contributed by atoms with Crippen LogP contribution in [0.15, 0.2) is 48.7 Å². The maximum atomic E-state index is 13.5. The minimum Gasteiger partial charge on any atom is -0.493 e. The van der Waals surface area contributed by atoms with Gasteiger partial charge in [-0.15, -0.1) is 0 Å². The number of halogens is 1. The Bertz CT molecular complexity index is 1650. The topological polar surface area (TPSA) is 99.1 Å². The molecule has 8 nitrogen and oxygen atoms in total. The zero-order valence-corrected chi connectivity index (χ0v) is 29.0. The number of fused-ring (bicyclic) bond motifs is 4. The largest absolute Gasteiger partial charge is 0.493 e. The van der Waals surface area contributed by atoms with Crippen molar-refractivity contribution in [3.05, 3.63) is 76.1 Å². The van der Waals surface area contributed by atoms with E-state index in [0.29, 0.717) is 54.6 Å². The van der Waals surface area contributed by atoms with E-state index in [1.165, 1.54) is 42.3 Å². The van der Waals surface area contributed by atoms with Gasteiger partial charge >= 0.3 is 5.97 Å². The Morgan fingerprint density at radius 3 is 2.77 bits per heavy atom. The molecule has 4 atom stereocenters. The van der Waals surface area contributed by atoms with Gasteiger partial charge in [0.05, 0.1) is 20.3 Å². The van der Waals surface area contributed by atoms with Crippen LogP contribution in [0.1, 0.15) is 87.1 Å². The summed E-state index contributed by atoms with van der Waals surface area (Å²) in [6, 6.07) is 13.9. The van der Waals surface area contributed by atoms with E-state index in [-0.39, 0.29) is 24.1 Å². The van der Waals surface area contributed by atoms with E-state index < -0.39 is 5.54 Å². The number of hydrogen-bond acceptors (Lipinski definition) is 8. The normalized spacial score (nSPS) is 27.9. The zero-order valence-electron chi connectivity index (χ0n) is 28.2. The summed E-state index contributed by atoms with van der Waals surface area (Å²) in [5, 5.41) is 14.0. The van der Waals surface area contributed by atoms with E-state index in [0.717, 1.165) is 49.3 Å². The van der Waals surface area contributed by atoms with Crippen LogP contribution < -0.4 is 19.5 Å². The third-order valence-corrected chi connectivity index (χ3v) is 11.7. The third kappa shape index (κ3) is 6.11. The van der Waals surface area contributed by atoms with Crippen molar-refractivity contribution in [3.8, 4) is 17.2 Å². The number of nitrogens with zero attached hydrogens (tertiary/aromatic N) is 1. The molecule has 0 unspecified atom stereocenters. The first-order valence-electron chi connectivity index (χ1n) is 17.5. The SMILES string of the molecule is COC(=O)C1(Nc2cccc(Cl)c2)CCC2(CC1)c1cc3c(cc1C[C@@H]2C[C@@H](C)COc1ccnc2c1[C@H](C)CCC2)OC[C@H](CO)O3. The molecule has 2 aromatic carbocycles. The molecule has 1 spiro atoms. The minimum absolute atomic E-state index is 0.0991. The lowest BCUT2D eigenvalue weighted by Gasteiger charge is -2.48. The van der Waals surface area contributed by atoms with Crippen LogP contribution in [0.5, 0.6) is 17.2 Å². The van der Waals surface area contributed by atoms with Crippen molar-refractivity contribution in [2.75, 3.05) is 32.2 Å². The predicted octanol–water partition coefficient (Wildman–Crippen LogP) is 7.42. The predicted molar refractivity (Wildman–Crippen MR) is 185 cm³/mol. The second-order valence-corrected chi connectivity index (χ2v) is 15.0. The lowest BCUT2D eigenvalue weighted by molar-refractivity contribution is -0.148. The summed E-state index contributed by atoms with van der Waals surface area (Å²) in [6.45, 7) is 5.44. The van der Waals surface area contributed by atoms with Crippen molar-refractivity contribution in [1.29, 1.82) is 0 Å². The first-order valence-corrected chi connectivity index (χ1v) is 17.9. The van der Waals surface area contributed by atoms with E-state index in [1.807, 2.05) is 36.5 Å². The molecule has 1 aliphatic heterocycles. The number of methoxy groups -OCH3 is 1. The van der Waals surface area contributed by atoms with Crippen molar-refractivity contribution < 1.29 is 28.8 Å². The Morgan fingerprint density at radius 2 is 2.00 bits per heavy atom. The van der Waals surface area contributed by atoms with Gasteiger partial charge in [0.25, 0.3) is 0 Å². The number of hydrogen-bond donors (Lipinski definition) is 2. The molecule has 256 valence electrons. The number of aryl methyl sites for hydroxylation is 1. The van der Waals surface area contributed by atoms with Crippen LogP contribution in [0.4, 0.5) is 5.69 Å². The fourth-order valence-electron chi connectivity index (χ4n) is 8.99. The summed E-state index contributed by atoms with van der Waals surface area (Å²) in [5.74, 6) is 3.27. The van der Waals surface area contributed by atoms with E-state index in [2.05, 4.69) is 36.3 Å². The molecule has 4 aliphatic rings. The summed E-state index contributed by atoms with van der Waals surface area (Å²) in [5.41, 5.74) is 4.81. The fraction of sp³-hybridized carbons (Fsp3) is 0.538. The van der Waals surface area contributed by atoms with Crippen molar-refractivity contribution in [2.45, 2.75) is 94.6 Å². The number of carbonyl (C=O) groups is 1. The number of aromatic nitrogens is 1. The Balaban J connectivity index is 1.16. The maximum absolute atomic E-state index is 13.5. The molecule has 1 saturated carbocycles. The molecule has 9 heteroatoms. The number of esters is 1. The summed E-state index contributed by atoms with van der Waals surface area (Å²) >= 11 is 6.32. The molecule has 1 aromatic heterocycles. The molecule has 48 heavy (non-hydrogen) atoms. The quantitative estimate of drug-likeness (QED) is 0.226. The number of rotatable bonds is 9. The van der Waals surface area contributed by atoms with Gasteiger partial charge in [-0.2, -0.15) is 0 Å². The number of benzene rings is 2. The third-order valence-electron chi connectivity index (χ3n) is 11.4. The highest BCUT2D eigenvalue weighted by atomic mass is 35.5. The minimum atomic E-state index is -0.861. The molecule has 2 heterocycles. The van der Waals surface area contributed by atoms with Gasteiger partial charge in [0.15, 0.2) is 17.6 Å².